The van der Waals surface area contributed by atoms with E-state index in [-0.39, 0.29) is 6.10 Å². The predicted molar refractivity (Wildman–Crippen MR) is 91.5 cm³/mol. The van der Waals surface area contributed by atoms with Crippen molar-refractivity contribution in [2.45, 2.75) is 50.2 Å². The van der Waals surface area contributed by atoms with E-state index in [1.165, 1.54) is 19.0 Å². The Morgan fingerprint density at radius 3 is 2.54 bits per heavy atom. The molecule has 0 radical (unpaired) electrons. The first-order chi connectivity index (χ1) is 11.6. The van der Waals surface area contributed by atoms with Crippen LogP contribution in [-0.2, 0) is 4.79 Å². The van der Waals surface area contributed by atoms with Gasteiger partial charge in [-0.1, -0.05) is 0 Å². The molecule has 1 saturated heterocycles. The van der Waals surface area contributed by atoms with Crippen LogP contribution in [0.3, 0.4) is 0 Å². The summed E-state index contributed by atoms with van der Waals surface area (Å²) >= 11 is 1.71. The van der Waals surface area contributed by atoms with E-state index < -0.39 is 17.4 Å². The average molecular weight is 350 g/mol. The number of pyridine rings is 1. The lowest BCUT2D eigenvalue weighted by molar-refractivity contribution is -0.144. The molecule has 0 atom stereocenters. The van der Waals surface area contributed by atoms with Gasteiger partial charge in [0.25, 0.3) is 5.91 Å². The molecule has 7 heteroatoms. The Morgan fingerprint density at radius 1 is 1.25 bits per heavy atom. The molecule has 1 amide bonds. The maximum Gasteiger partial charge on any atom is 0.329 e. The molecule has 0 bridgehead atoms. The second kappa shape index (κ2) is 7.42. The lowest BCUT2D eigenvalue weighted by Gasteiger charge is -2.33. The van der Waals surface area contributed by atoms with E-state index >= 15 is 0 Å². The Bertz CT molecular complexity index is 593. The van der Waals surface area contributed by atoms with Gasteiger partial charge in [-0.05, 0) is 56.1 Å². The van der Waals surface area contributed by atoms with Crippen LogP contribution in [0.15, 0.2) is 18.3 Å². The van der Waals surface area contributed by atoms with Crippen LogP contribution in [0.25, 0.3) is 0 Å². The van der Waals surface area contributed by atoms with Crippen molar-refractivity contribution < 1.29 is 19.4 Å². The number of carbonyl (C=O) groups is 2. The maximum atomic E-state index is 12.4. The molecule has 2 fully saturated rings. The van der Waals surface area contributed by atoms with E-state index in [2.05, 4.69) is 10.3 Å². The Hall–Kier alpha value is -1.76. The van der Waals surface area contributed by atoms with E-state index in [0.29, 0.717) is 24.3 Å². The number of hydrogen-bond acceptors (Lipinski definition) is 5. The van der Waals surface area contributed by atoms with Crippen molar-refractivity contribution in [3.05, 3.63) is 23.9 Å². The number of aromatic nitrogens is 1. The molecule has 0 spiro atoms. The highest BCUT2D eigenvalue weighted by atomic mass is 32.2. The number of carbonyl (C=O) groups excluding carboxylic acids is 1. The summed E-state index contributed by atoms with van der Waals surface area (Å²) in [5, 5.41) is 12.2. The molecule has 6 nitrogen and oxygen atoms in total. The van der Waals surface area contributed by atoms with Crippen LogP contribution in [0.2, 0.25) is 0 Å². The molecular formula is C17H22N2O4S. The van der Waals surface area contributed by atoms with E-state index in [4.69, 9.17) is 4.74 Å². The standard InChI is InChI=1S/C17H22N2O4S/c20-15(19-17(16(21)22)7-9-24-10-8-17)12-5-6-14(18-11-12)23-13-3-1-2-4-13/h5-6,11,13H,1-4,7-10H2,(H,19,20)(H,21,22). The van der Waals surface area contributed by atoms with Crippen LogP contribution in [0.1, 0.15) is 48.9 Å². The fourth-order valence-corrected chi connectivity index (χ4v) is 4.35. The SMILES string of the molecule is O=C(NC1(C(=O)O)CCSCC1)c1ccc(OC2CCCC2)nc1. The minimum atomic E-state index is -1.17. The minimum absolute atomic E-state index is 0.215. The summed E-state index contributed by atoms with van der Waals surface area (Å²) < 4.78 is 5.78. The van der Waals surface area contributed by atoms with Crippen LogP contribution in [0, 0.1) is 0 Å². The normalized spacial score (nSPS) is 20.5. The first-order valence-electron chi connectivity index (χ1n) is 8.35. The molecule has 130 valence electrons. The summed E-state index contributed by atoms with van der Waals surface area (Å²) in [7, 11) is 0. The zero-order valence-corrected chi connectivity index (χ0v) is 14.3. The van der Waals surface area contributed by atoms with Gasteiger partial charge in [-0.2, -0.15) is 11.8 Å². The third-order valence-electron chi connectivity index (χ3n) is 4.70. The molecule has 2 heterocycles. The number of thioether (sulfide) groups is 1. The van der Waals surface area contributed by atoms with Crippen LogP contribution in [-0.4, -0.2) is 45.1 Å². The highest BCUT2D eigenvalue weighted by Gasteiger charge is 2.41. The summed E-state index contributed by atoms with van der Waals surface area (Å²) in [4.78, 5) is 28.2. The Morgan fingerprint density at radius 2 is 1.96 bits per heavy atom. The summed E-state index contributed by atoms with van der Waals surface area (Å²) in [6.45, 7) is 0. The molecule has 2 aliphatic rings. The van der Waals surface area contributed by atoms with Gasteiger partial charge in [0.1, 0.15) is 11.6 Å². The monoisotopic (exact) mass is 350 g/mol. The molecule has 1 aliphatic carbocycles. The quantitative estimate of drug-likeness (QED) is 0.848. The molecule has 0 unspecified atom stereocenters. The number of rotatable bonds is 5. The summed E-state index contributed by atoms with van der Waals surface area (Å²) in [6.07, 6.45) is 7.00. The number of carboxylic acid groups (broad SMARTS) is 1. The largest absolute Gasteiger partial charge is 0.480 e. The molecule has 1 aromatic rings. The van der Waals surface area contributed by atoms with Crippen LogP contribution in [0.5, 0.6) is 5.88 Å². The minimum Gasteiger partial charge on any atom is -0.480 e. The first kappa shape index (κ1) is 17.1. The van der Waals surface area contributed by atoms with Gasteiger partial charge in [-0.3, -0.25) is 4.79 Å². The van der Waals surface area contributed by atoms with Gasteiger partial charge >= 0.3 is 5.97 Å². The number of ether oxygens (including phenoxy) is 1. The maximum absolute atomic E-state index is 12.4. The fraction of sp³-hybridized carbons (Fsp3) is 0.588. The zero-order valence-electron chi connectivity index (χ0n) is 13.5. The second-order valence-electron chi connectivity index (χ2n) is 6.36. The average Bonchev–Trinajstić information content (AvgIpc) is 3.09. The van der Waals surface area contributed by atoms with Gasteiger partial charge in [0, 0.05) is 12.3 Å². The van der Waals surface area contributed by atoms with Gasteiger partial charge in [-0.15, -0.1) is 0 Å². The zero-order chi connectivity index (χ0) is 17.0. The fourth-order valence-electron chi connectivity index (χ4n) is 3.16. The summed E-state index contributed by atoms with van der Waals surface area (Å²) in [5.41, 5.74) is -0.811. The lowest BCUT2D eigenvalue weighted by atomic mass is 9.92. The molecule has 1 saturated carbocycles. The van der Waals surface area contributed by atoms with Gasteiger partial charge < -0.3 is 15.2 Å². The van der Waals surface area contributed by atoms with Crippen molar-refractivity contribution in [1.82, 2.24) is 10.3 Å². The van der Waals surface area contributed by atoms with E-state index in [1.807, 2.05) is 0 Å². The van der Waals surface area contributed by atoms with Gasteiger partial charge in [0.05, 0.1) is 5.56 Å². The number of amides is 1. The van der Waals surface area contributed by atoms with Crippen molar-refractivity contribution in [1.29, 1.82) is 0 Å². The second-order valence-corrected chi connectivity index (χ2v) is 7.59. The van der Waals surface area contributed by atoms with Crippen molar-refractivity contribution >= 4 is 23.6 Å². The Labute approximate surface area is 145 Å². The van der Waals surface area contributed by atoms with E-state index in [1.54, 1.807) is 23.9 Å². The van der Waals surface area contributed by atoms with Crippen LogP contribution in [0.4, 0.5) is 0 Å². The topological polar surface area (TPSA) is 88.5 Å². The van der Waals surface area contributed by atoms with Crippen molar-refractivity contribution in [2.24, 2.45) is 0 Å². The van der Waals surface area contributed by atoms with Gasteiger partial charge in [0.2, 0.25) is 5.88 Å². The number of carboxylic acids is 1. The third kappa shape index (κ3) is 3.83. The molecule has 1 aliphatic heterocycles. The Kier molecular flexibility index (Phi) is 5.28. The molecule has 0 aromatic carbocycles. The van der Waals surface area contributed by atoms with Crippen molar-refractivity contribution in [3.8, 4) is 5.88 Å². The van der Waals surface area contributed by atoms with E-state index in [9.17, 15) is 14.7 Å². The number of nitrogens with zero attached hydrogens (tertiary/aromatic N) is 1. The number of hydrogen-bond donors (Lipinski definition) is 2. The van der Waals surface area contributed by atoms with Crippen LogP contribution < -0.4 is 10.1 Å². The number of nitrogens with one attached hydrogen (secondary N) is 1. The third-order valence-corrected chi connectivity index (χ3v) is 5.68. The van der Waals surface area contributed by atoms with Gasteiger partial charge in [0.15, 0.2) is 0 Å². The molecule has 2 N–H and O–H groups in total. The van der Waals surface area contributed by atoms with Crippen molar-refractivity contribution in [2.75, 3.05) is 11.5 Å². The smallest absolute Gasteiger partial charge is 0.329 e. The lowest BCUT2D eigenvalue weighted by Crippen LogP contribution is -2.56. The first-order valence-corrected chi connectivity index (χ1v) is 9.51. The highest BCUT2D eigenvalue weighted by molar-refractivity contribution is 7.99. The molecular weight excluding hydrogens is 328 g/mol. The Balaban J connectivity index is 1.64. The molecule has 24 heavy (non-hydrogen) atoms. The van der Waals surface area contributed by atoms with Gasteiger partial charge in [-0.25, -0.2) is 9.78 Å². The molecule has 3 rings (SSSR count). The highest BCUT2D eigenvalue weighted by Crippen LogP contribution is 2.28. The number of aliphatic carboxylic acids is 1. The predicted octanol–water partition coefficient (Wildman–Crippen LogP) is 2.48. The summed E-state index contributed by atoms with van der Waals surface area (Å²) in [6, 6.07) is 3.32. The van der Waals surface area contributed by atoms with E-state index in [0.717, 1.165) is 24.3 Å². The van der Waals surface area contributed by atoms with Crippen LogP contribution >= 0.6 is 11.8 Å². The summed E-state index contributed by atoms with van der Waals surface area (Å²) in [5.74, 6) is 0.618. The molecule has 1 aromatic heterocycles. The van der Waals surface area contributed by atoms with Crippen molar-refractivity contribution in [3.63, 3.8) is 0 Å².